The minimum Gasteiger partial charge on any atom is -0.359 e. The van der Waals surface area contributed by atoms with Gasteiger partial charge in [0.05, 0.1) is 11.7 Å². The van der Waals surface area contributed by atoms with Crippen molar-refractivity contribution in [1.29, 1.82) is 0 Å². The summed E-state index contributed by atoms with van der Waals surface area (Å²) in [7, 11) is 0. The highest BCUT2D eigenvalue weighted by Crippen LogP contribution is 2.33. The summed E-state index contributed by atoms with van der Waals surface area (Å²) in [6.07, 6.45) is 1.88. The van der Waals surface area contributed by atoms with E-state index in [0.29, 0.717) is 5.92 Å². The molecule has 5 heteroatoms. The van der Waals surface area contributed by atoms with Gasteiger partial charge in [0.25, 0.3) is 0 Å². The summed E-state index contributed by atoms with van der Waals surface area (Å²) in [5.41, 5.74) is 4.15. The SMILES string of the molecule is Cc1ccc(NC(=O)N2CCCC2c2cc(C(C)C)no2)cc1C. The Labute approximate surface area is 143 Å². The normalized spacial score (nSPS) is 17.5. The Morgan fingerprint density at radius 3 is 2.75 bits per heavy atom. The number of nitrogens with zero attached hydrogens (tertiary/aromatic N) is 2. The van der Waals surface area contributed by atoms with Gasteiger partial charge in [-0.2, -0.15) is 0 Å². The molecule has 0 aliphatic carbocycles. The molecule has 2 aromatic rings. The number of hydrogen-bond acceptors (Lipinski definition) is 3. The number of amides is 2. The average Bonchev–Trinajstić information content (AvgIpc) is 3.18. The number of anilines is 1. The minimum absolute atomic E-state index is 0.0310. The quantitative estimate of drug-likeness (QED) is 0.882. The zero-order valence-electron chi connectivity index (χ0n) is 14.8. The molecule has 1 aromatic carbocycles. The Balaban J connectivity index is 1.74. The van der Waals surface area contributed by atoms with E-state index in [1.807, 2.05) is 36.1 Å². The van der Waals surface area contributed by atoms with Crippen LogP contribution in [0.2, 0.25) is 0 Å². The average molecular weight is 327 g/mol. The number of urea groups is 1. The standard InChI is InChI=1S/C19H25N3O2/c1-12(2)16-11-18(24-21-16)17-6-5-9-22(17)19(23)20-15-8-7-13(3)14(4)10-15/h7-8,10-12,17H,5-6,9H2,1-4H3,(H,20,23). The van der Waals surface area contributed by atoms with E-state index >= 15 is 0 Å². The molecule has 0 saturated carbocycles. The lowest BCUT2D eigenvalue weighted by atomic mass is 10.1. The van der Waals surface area contributed by atoms with Crippen LogP contribution in [0.5, 0.6) is 0 Å². The molecular formula is C19H25N3O2. The molecule has 1 fully saturated rings. The Morgan fingerprint density at radius 2 is 2.08 bits per heavy atom. The van der Waals surface area contributed by atoms with Crippen LogP contribution in [-0.4, -0.2) is 22.6 Å². The predicted molar refractivity (Wildman–Crippen MR) is 94.2 cm³/mol. The first-order valence-corrected chi connectivity index (χ1v) is 8.57. The van der Waals surface area contributed by atoms with Crippen LogP contribution in [0.1, 0.15) is 61.2 Å². The summed E-state index contributed by atoms with van der Waals surface area (Å²) in [6.45, 7) is 9.01. The molecule has 0 spiro atoms. The summed E-state index contributed by atoms with van der Waals surface area (Å²) in [5.74, 6) is 1.10. The zero-order chi connectivity index (χ0) is 17.3. The molecule has 3 rings (SSSR count). The summed E-state index contributed by atoms with van der Waals surface area (Å²) < 4.78 is 5.50. The van der Waals surface area contributed by atoms with Crippen molar-refractivity contribution in [3.8, 4) is 0 Å². The molecule has 2 amide bonds. The second-order valence-corrected chi connectivity index (χ2v) is 6.89. The van der Waals surface area contributed by atoms with Gasteiger partial charge in [0.15, 0.2) is 5.76 Å². The number of nitrogens with one attached hydrogen (secondary N) is 1. The van der Waals surface area contributed by atoms with Crippen LogP contribution in [-0.2, 0) is 0 Å². The Bertz CT molecular complexity index is 736. The molecule has 1 aliphatic rings. The van der Waals surface area contributed by atoms with Crippen LogP contribution in [0.25, 0.3) is 0 Å². The Morgan fingerprint density at radius 1 is 1.29 bits per heavy atom. The van der Waals surface area contributed by atoms with Crippen LogP contribution in [0.3, 0.4) is 0 Å². The summed E-state index contributed by atoms with van der Waals surface area (Å²) in [5, 5.41) is 7.13. The topological polar surface area (TPSA) is 58.4 Å². The monoisotopic (exact) mass is 327 g/mol. The van der Waals surface area contributed by atoms with E-state index < -0.39 is 0 Å². The number of rotatable bonds is 3. The Hall–Kier alpha value is -2.30. The van der Waals surface area contributed by atoms with Crippen molar-refractivity contribution < 1.29 is 9.32 Å². The highest BCUT2D eigenvalue weighted by atomic mass is 16.5. The third-order valence-electron chi connectivity index (χ3n) is 4.74. The third-order valence-corrected chi connectivity index (χ3v) is 4.74. The maximum absolute atomic E-state index is 12.7. The summed E-state index contributed by atoms with van der Waals surface area (Å²) in [4.78, 5) is 14.5. The van der Waals surface area contributed by atoms with Crippen LogP contribution < -0.4 is 5.32 Å². The van der Waals surface area contributed by atoms with Crippen LogP contribution in [0, 0.1) is 13.8 Å². The molecule has 1 atom stereocenters. The van der Waals surface area contributed by atoms with E-state index in [1.165, 1.54) is 11.1 Å². The van der Waals surface area contributed by atoms with Crippen LogP contribution in [0.4, 0.5) is 10.5 Å². The molecule has 24 heavy (non-hydrogen) atoms. The van der Waals surface area contributed by atoms with E-state index in [-0.39, 0.29) is 12.1 Å². The van der Waals surface area contributed by atoms with Gasteiger partial charge in [0.1, 0.15) is 0 Å². The smallest absolute Gasteiger partial charge is 0.322 e. The van der Waals surface area contributed by atoms with Crippen molar-refractivity contribution in [2.24, 2.45) is 0 Å². The van der Waals surface area contributed by atoms with Crippen molar-refractivity contribution in [3.05, 3.63) is 46.8 Å². The lowest BCUT2D eigenvalue weighted by Crippen LogP contribution is -2.34. The van der Waals surface area contributed by atoms with Gasteiger partial charge in [0, 0.05) is 18.3 Å². The molecule has 2 heterocycles. The van der Waals surface area contributed by atoms with Gasteiger partial charge >= 0.3 is 6.03 Å². The molecule has 1 saturated heterocycles. The first-order valence-electron chi connectivity index (χ1n) is 8.57. The molecule has 1 aromatic heterocycles. The molecule has 1 unspecified atom stereocenters. The summed E-state index contributed by atoms with van der Waals surface area (Å²) in [6, 6.07) is 7.84. The van der Waals surface area contributed by atoms with Crippen LogP contribution >= 0.6 is 0 Å². The second-order valence-electron chi connectivity index (χ2n) is 6.89. The van der Waals surface area contributed by atoms with Crippen LogP contribution in [0.15, 0.2) is 28.8 Å². The second kappa shape index (κ2) is 6.67. The third kappa shape index (κ3) is 3.30. The number of hydrogen-bond donors (Lipinski definition) is 1. The molecule has 0 bridgehead atoms. The van der Waals surface area contributed by atoms with Crippen molar-refractivity contribution >= 4 is 11.7 Å². The van der Waals surface area contributed by atoms with Gasteiger partial charge < -0.3 is 14.7 Å². The predicted octanol–water partition coefficient (Wildman–Crippen LogP) is 4.78. The van der Waals surface area contributed by atoms with E-state index in [2.05, 4.69) is 31.2 Å². The van der Waals surface area contributed by atoms with Gasteiger partial charge in [0.2, 0.25) is 0 Å². The van der Waals surface area contributed by atoms with E-state index in [1.54, 1.807) is 0 Å². The fraction of sp³-hybridized carbons (Fsp3) is 0.474. The van der Waals surface area contributed by atoms with E-state index in [9.17, 15) is 4.79 Å². The summed E-state index contributed by atoms with van der Waals surface area (Å²) >= 11 is 0. The molecule has 1 aliphatic heterocycles. The maximum Gasteiger partial charge on any atom is 0.322 e. The first kappa shape index (κ1) is 16.6. The first-order chi connectivity index (χ1) is 11.5. The fourth-order valence-corrected chi connectivity index (χ4v) is 3.05. The van der Waals surface area contributed by atoms with Gasteiger partial charge in [-0.1, -0.05) is 25.1 Å². The van der Waals surface area contributed by atoms with E-state index in [4.69, 9.17) is 4.52 Å². The van der Waals surface area contributed by atoms with Crippen molar-refractivity contribution in [2.75, 3.05) is 11.9 Å². The molecular weight excluding hydrogens is 302 g/mol. The molecule has 0 radical (unpaired) electrons. The van der Waals surface area contributed by atoms with Crippen molar-refractivity contribution in [2.45, 2.75) is 52.5 Å². The fourth-order valence-electron chi connectivity index (χ4n) is 3.05. The lowest BCUT2D eigenvalue weighted by molar-refractivity contribution is 0.195. The molecule has 128 valence electrons. The number of benzene rings is 1. The van der Waals surface area contributed by atoms with Crippen molar-refractivity contribution in [3.63, 3.8) is 0 Å². The van der Waals surface area contributed by atoms with Crippen molar-refractivity contribution in [1.82, 2.24) is 10.1 Å². The highest BCUT2D eigenvalue weighted by molar-refractivity contribution is 5.90. The van der Waals surface area contributed by atoms with Gasteiger partial charge in [-0.15, -0.1) is 0 Å². The number of likely N-dealkylation sites (tertiary alicyclic amines) is 1. The molecule has 1 N–H and O–H groups in total. The number of carbonyl (C=O) groups excluding carboxylic acids is 1. The molecule has 5 nitrogen and oxygen atoms in total. The lowest BCUT2D eigenvalue weighted by Gasteiger charge is -2.23. The zero-order valence-corrected chi connectivity index (χ0v) is 14.8. The maximum atomic E-state index is 12.7. The largest absolute Gasteiger partial charge is 0.359 e. The number of carbonyl (C=O) groups is 1. The van der Waals surface area contributed by atoms with Gasteiger partial charge in [-0.25, -0.2) is 4.79 Å². The highest BCUT2D eigenvalue weighted by Gasteiger charge is 2.33. The van der Waals surface area contributed by atoms with Gasteiger partial charge in [-0.3, -0.25) is 0 Å². The van der Waals surface area contributed by atoms with Gasteiger partial charge in [-0.05, 0) is 55.9 Å². The number of aromatic nitrogens is 1. The van der Waals surface area contributed by atoms with E-state index in [0.717, 1.165) is 36.5 Å². The Kier molecular flexibility index (Phi) is 4.60. The number of aryl methyl sites for hydroxylation is 2. The minimum atomic E-state index is -0.0803.